The highest BCUT2D eigenvalue weighted by Gasteiger charge is 2.40. The van der Waals surface area contributed by atoms with Crippen molar-refractivity contribution < 1.29 is 24.3 Å². The van der Waals surface area contributed by atoms with E-state index in [1.807, 2.05) is 0 Å². The normalized spacial score (nSPS) is 21.9. The van der Waals surface area contributed by atoms with Gasteiger partial charge in [0.15, 0.2) is 0 Å². The first-order valence-corrected chi connectivity index (χ1v) is 5.91. The van der Waals surface area contributed by atoms with Crippen molar-refractivity contribution in [2.24, 2.45) is 23.3 Å². The highest BCUT2D eigenvalue weighted by molar-refractivity contribution is 5.91. The van der Waals surface area contributed by atoms with Gasteiger partial charge in [-0.1, -0.05) is 6.42 Å². The van der Waals surface area contributed by atoms with Gasteiger partial charge in [-0.05, 0) is 12.8 Å². The second-order valence-corrected chi connectivity index (χ2v) is 4.61. The Balaban J connectivity index is 2.82. The topological polar surface area (TPSA) is 144 Å². The summed E-state index contributed by atoms with van der Waals surface area (Å²) in [4.78, 5) is 45.9. The van der Waals surface area contributed by atoms with E-state index < -0.39 is 48.6 Å². The largest absolute Gasteiger partial charge is 0.481 e. The molecule has 0 saturated heterocycles. The van der Waals surface area contributed by atoms with Gasteiger partial charge in [-0.15, -0.1) is 0 Å². The molecule has 8 nitrogen and oxygen atoms in total. The number of amides is 3. The van der Waals surface area contributed by atoms with Crippen molar-refractivity contribution >= 4 is 23.7 Å². The van der Waals surface area contributed by atoms with E-state index in [-0.39, 0.29) is 0 Å². The molecule has 0 radical (unpaired) electrons. The summed E-state index contributed by atoms with van der Waals surface area (Å²) in [7, 11) is 0. The molecule has 1 saturated carbocycles. The van der Waals surface area contributed by atoms with Crippen LogP contribution in [0.5, 0.6) is 0 Å². The molecule has 2 unspecified atom stereocenters. The van der Waals surface area contributed by atoms with Crippen molar-refractivity contribution in [2.45, 2.75) is 19.3 Å². The molecular weight excluding hydrogens is 254 g/mol. The van der Waals surface area contributed by atoms with Crippen LogP contribution in [0.2, 0.25) is 0 Å². The lowest BCUT2D eigenvalue weighted by Crippen LogP contribution is -2.47. The van der Waals surface area contributed by atoms with Crippen molar-refractivity contribution in [3.8, 4) is 0 Å². The fraction of sp³-hybridized carbons (Fsp3) is 0.636. The van der Waals surface area contributed by atoms with Crippen LogP contribution in [0.1, 0.15) is 19.3 Å². The predicted molar refractivity (Wildman–Crippen MR) is 63.4 cm³/mol. The fourth-order valence-electron chi connectivity index (χ4n) is 2.37. The third kappa shape index (κ3) is 3.94. The second-order valence-electron chi connectivity index (χ2n) is 4.61. The molecule has 106 valence electrons. The van der Waals surface area contributed by atoms with E-state index in [0.717, 1.165) is 4.90 Å². The molecule has 8 heteroatoms. The Morgan fingerprint density at radius 3 is 1.89 bits per heavy atom. The Labute approximate surface area is 109 Å². The minimum atomic E-state index is -1.05. The highest BCUT2D eigenvalue weighted by Crippen LogP contribution is 2.33. The van der Waals surface area contributed by atoms with E-state index in [9.17, 15) is 19.2 Å². The van der Waals surface area contributed by atoms with Crippen LogP contribution in [0.15, 0.2) is 0 Å². The minimum Gasteiger partial charge on any atom is -0.481 e. The zero-order valence-electron chi connectivity index (χ0n) is 10.4. The summed E-state index contributed by atoms with van der Waals surface area (Å²) in [5.74, 6) is -4.66. The number of hydrogen-bond donors (Lipinski definition) is 3. The highest BCUT2D eigenvalue weighted by atomic mass is 16.4. The molecule has 1 aliphatic rings. The summed E-state index contributed by atoms with van der Waals surface area (Å²) >= 11 is 0. The molecule has 1 aliphatic carbocycles. The van der Waals surface area contributed by atoms with Crippen molar-refractivity contribution in [3.63, 3.8) is 0 Å². The SMILES string of the molecule is NC(=O)CN(CC(N)=O)C(=O)C1CCCC1C(=O)O. The molecule has 0 aromatic carbocycles. The Bertz CT molecular complexity index is 393. The minimum absolute atomic E-state index is 0.409. The number of rotatable bonds is 6. The van der Waals surface area contributed by atoms with E-state index in [0.29, 0.717) is 19.3 Å². The van der Waals surface area contributed by atoms with Gasteiger partial charge in [0.2, 0.25) is 17.7 Å². The molecule has 19 heavy (non-hydrogen) atoms. The number of nitrogens with two attached hydrogens (primary N) is 2. The predicted octanol–water partition coefficient (Wildman–Crippen LogP) is -1.71. The van der Waals surface area contributed by atoms with Gasteiger partial charge in [0.05, 0.1) is 24.9 Å². The summed E-state index contributed by atoms with van der Waals surface area (Å²) < 4.78 is 0. The number of aliphatic carboxylic acids is 1. The van der Waals surface area contributed by atoms with Gasteiger partial charge in [0, 0.05) is 0 Å². The van der Waals surface area contributed by atoms with E-state index in [2.05, 4.69) is 0 Å². The molecule has 5 N–H and O–H groups in total. The van der Waals surface area contributed by atoms with E-state index in [1.165, 1.54) is 0 Å². The maximum Gasteiger partial charge on any atom is 0.307 e. The number of carbonyl (C=O) groups excluding carboxylic acids is 3. The van der Waals surface area contributed by atoms with Crippen LogP contribution in [-0.4, -0.2) is 46.8 Å². The lowest BCUT2D eigenvalue weighted by Gasteiger charge is -2.25. The first kappa shape index (κ1) is 14.9. The summed E-state index contributed by atoms with van der Waals surface area (Å²) in [5.41, 5.74) is 10.00. The van der Waals surface area contributed by atoms with Gasteiger partial charge < -0.3 is 21.5 Å². The molecule has 2 atom stereocenters. The van der Waals surface area contributed by atoms with Crippen LogP contribution in [0.4, 0.5) is 0 Å². The second kappa shape index (κ2) is 6.17. The smallest absolute Gasteiger partial charge is 0.307 e. The number of carbonyl (C=O) groups is 4. The molecule has 0 spiro atoms. The summed E-state index contributed by atoms with van der Waals surface area (Å²) in [6, 6.07) is 0. The lowest BCUT2D eigenvalue weighted by atomic mass is 9.94. The number of carboxylic acids is 1. The van der Waals surface area contributed by atoms with Gasteiger partial charge in [-0.2, -0.15) is 0 Å². The third-order valence-electron chi connectivity index (χ3n) is 3.16. The van der Waals surface area contributed by atoms with Crippen LogP contribution in [0, 0.1) is 11.8 Å². The Morgan fingerprint density at radius 1 is 1.00 bits per heavy atom. The van der Waals surface area contributed by atoms with E-state index >= 15 is 0 Å². The molecular formula is C11H17N3O5. The van der Waals surface area contributed by atoms with Crippen LogP contribution in [-0.2, 0) is 19.2 Å². The molecule has 3 amide bonds. The van der Waals surface area contributed by atoms with Gasteiger partial charge in [0.25, 0.3) is 0 Å². The maximum absolute atomic E-state index is 12.2. The number of hydrogen-bond acceptors (Lipinski definition) is 4. The monoisotopic (exact) mass is 271 g/mol. The summed E-state index contributed by atoms with van der Waals surface area (Å²) in [6.45, 7) is -0.880. The van der Waals surface area contributed by atoms with E-state index in [4.69, 9.17) is 16.6 Å². The number of carboxylic acid groups (broad SMARTS) is 1. The number of primary amides is 2. The van der Waals surface area contributed by atoms with Crippen molar-refractivity contribution in [2.75, 3.05) is 13.1 Å². The van der Waals surface area contributed by atoms with Gasteiger partial charge in [-0.3, -0.25) is 19.2 Å². The molecule has 1 rings (SSSR count). The average molecular weight is 271 g/mol. The molecule has 1 fully saturated rings. The first-order chi connectivity index (χ1) is 8.82. The van der Waals surface area contributed by atoms with Gasteiger partial charge >= 0.3 is 5.97 Å². The van der Waals surface area contributed by atoms with Crippen molar-refractivity contribution in [3.05, 3.63) is 0 Å². The van der Waals surface area contributed by atoms with E-state index in [1.54, 1.807) is 0 Å². The van der Waals surface area contributed by atoms with Crippen LogP contribution >= 0.6 is 0 Å². The number of nitrogens with zero attached hydrogens (tertiary/aromatic N) is 1. The Kier molecular flexibility index (Phi) is 4.85. The van der Waals surface area contributed by atoms with Gasteiger partial charge in [-0.25, -0.2) is 0 Å². The molecule has 0 heterocycles. The summed E-state index contributed by atoms with van der Waals surface area (Å²) in [5, 5.41) is 9.02. The average Bonchev–Trinajstić information content (AvgIpc) is 2.74. The summed E-state index contributed by atoms with van der Waals surface area (Å²) in [6.07, 6.45) is 1.45. The van der Waals surface area contributed by atoms with Crippen LogP contribution in [0.25, 0.3) is 0 Å². The van der Waals surface area contributed by atoms with Gasteiger partial charge in [0.1, 0.15) is 0 Å². The first-order valence-electron chi connectivity index (χ1n) is 5.91. The van der Waals surface area contributed by atoms with Crippen LogP contribution in [0.3, 0.4) is 0 Å². The molecule has 0 bridgehead atoms. The quantitative estimate of drug-likeness (QED) is 0.526. The van der Waals surface area contributed by atoms with Crippen LogP contribution < -0.4 is 11.5 Å². The maximum atomic E-state index is 12.2. The van der Waals surface area contributed by atoms with Crippen molar-refractivity contribution in [1.29, 1.82) is 0 Å². The molecule has 0 aromatic rings. The molecule has 0 aromatic heterocycles. The zero-order valence-corrected chi connectivity index (χ0v) is 10.4. The fourth-order valence-corrected chi connectivity index (χ4v) is 2.37. The third-order valence-corrected chi connectivity index (χ3v) is 3.16. The Morgan fingerprint density at radius 2 is 1.47 bits per heavy atom. The standard InChI is InChI=1S/C11H17N3O5/c12-8(15)4-14(5-9(13)16)10(17)6-2-1-3-7(6)11(18)19/h6-7H,1-5H2,(H2,12,15)(H2,13,16)(H,18,19). The Hall–Kier alpha value is -2.12. The van der Waals surface area contributed by atoms with Crippen molar-refractivity contribution in [1.82, 2.24) is 4.90 Å². The zero-order chi connectivity index (χ0) is 14.6. The molecule has 0 aliphatic heterocycles. The lowest BCUT2D eigenvalue weighted by molar-refractivity contribution is -0.150.